The molecule has 0 saturated carbocycles. The second-order valence-corrected chi connectivity index (χ2v) is 11.8. The fourth-order valence-electron chi connectivity index (χ4n) is 5.90. The van der Waals surface area contributed by atoms with E-state index in [1.165, 1.54) is 0 Å². The fraction of sp³-hybridized carbons (Fsp3) is 0.355. The number of hydrogen-bond donors (Lipinski definition) is 1. The second kappa shape index (κ2) is 11.7. The number of carbonyl (C=O) groups is 3. The monoisotopic (exact) mass is 555 g/mol. The van der Waals surface area contributed by atoms with Gasteiger partial charge >= 0.3 is 6.03 Å². The van der Waals surface area contributed by atoms with Gasteiger partial charge in [-0.1, -0.05) is 54.6 Å². The number of hydrogen-bond acceptors (Lipinski definition) is 5. The zero-order chi connectivity index (χ0) is 27.5. The van der Waals surface area contributed by atoms with Crippen LogP contribution in [-0.4, -0.2) is 68.5 Å². The smallest absolute Gasteiger partial charge is 0.322 e. The van der Waals surface area contributed by atoms with Crippen LogP contribution in [0.1, 0.15) is 41.3 Å². The van der Waals surface area contributed by atoms with E-state index < -0.39 is 5.25 Å². The molecule has 6 rings (SSSR count). The molecule has 3 aliphatic heterocycles. The van der Waals surface area contributed by atoms with Crippen molar-refractivity contribution < 1.29 is 14.4 Å². The van der Waals surface area contributed by atoms with Gasteiger partial charge in [-0.15, -0.1) is 11.8 Å². The summed E-state index contributed by atoms with van der Waals surface area (Å²) in [4.78, 5) is 49.8. The molecule has 3 aliphatic rings. The lowest BCUT2D eigenvalue weighted by Crippen LogP contribution is -2.50. The number of likely N-dealkylation sites (tertiary alicyclic amines) is 1. The van der Waals surface area contributed by atoms with E-state index in [2.05, 4.69) is 16.4 Å². The van der Waals surface area contributed by atoms with Crippen LogP contribution in [0.5, 0.6) is 0 Å². The highest BCUT2D eigenvalue weighted by atomic mass is 32.2. The molecule has 9 heteroatoms. The van der Waals surface area contributed by atoms with Crippen molar-refractivity contribution in [3.63, 3.8) is 0 Å². The summed E-state index contributed by atoms with van der Waals surface area (Å²) in [5, 5.41) is 2.47. The summed E-state index contributed by atoms with van der Waals surface area (Å²) in [5.74, 6) is -0.00110. The number of thioether (sulfide) groups is 1. The number of carbonyl (C=O) groups excluding carboxylic acids is 3. The number of amides is 4. The van der Waals surface area contributed by atoms with Gasteiger partial charge in [0.25, 0.3) is 0 Å². The summed E-state index contributed by atoms with van der Waals surface area (Å²) in [6, 6.07) is 21.8. The van der Waals surface area contributed by atoms with E-state index in [0.717, 1.165) is 41.6 Å². The number of para-hydroxylation sites is 1. The van der Waals surface area contributed by atoms with Crippen molar-refractivity contribution >= 4 is 35.3 Å². The Morgan fingerprint density at radius 2 is 1.73 bits per heavy atom. The molecule has 8 nitrogen and oxygen atoms in total. The normalized spacial score (nSPS) is 21.6. The van der Waals surface area contributed by atoms with Crippen molar-refractivity contribution in [1.82, 2.24) is 19.7 Å². The maximum atomic E-state index is 13.6. The van der Waals surface area contributed by atoms with Crippen molar-refractivity contribution in [3.05, 3.63) is 95.8 Å². The molecule has 3 aromatic rings. The van der Waals surface area contributed by atoms with Gasteiger partial charge < -0.3 is 20.0 Å². The molecular weight excluding hydrogens is 522 g/mol. The summed E-state index contributed by atoms with van der Waals surface area (Å²) < 4.78 is 0. The van der Waals surface area contributed by atoms with Gasteiger partial charge in [-0.3, -0.25) is 14.6 Å². The Kier molecular flexibility index (Phi) is 7.73. The van der Waals surface area contributed by atoms with Gasteiger partial charge in [0.1, 0.15) is 5.37 Å². The molecule has 0 radical (unpaired) electrons. The molecule has 40 heavy (non-hydrogen) atoms. The SMILES string of the molecule is O=C(CC1SC(c2ccccc2)N(Cc2cccnc2)C1=O)N1CCC(N2CCc3ccccc3NC2=O)CC1. The molecule has 2 aromatic carbocycles. The number of fused-ring (bicyclic) bond motifs is 1. The molecule has 0 spiro atoms. The van der Waals surface area contributed by atoms with Crippen LogP contribution in [0.25, 0.3) is 0 Å². The molecule has 2 saturated heterocycles. The number of aromatic nitrogens is 1. The molecule has 4 amide bonds. The third-order valence-corrected chi connectivity index (χ3v) is 9.54. The Bertz CT molecular complexity index is 1360. The van der Waals surface area contributed by atoms with Crippen molar-refractivity contribution in [3.8, 4) is 0 Å². The number of piperidine rings is 1. The van der Waals surface area contributed by atoms with Gasteiger partial charge in [0.15, 0.2) is 0 Å². The third-order valence-electron chi connectivity index (χ3n) is 8.06. The average molecular weight is 556 g/mol. The van der Waals surface area contributed by atoms with Gasteiger partial charge in [-0.25, -0.2) is 4.79 Å². The van der Waals surface area contributed by atoms with Crippen molar-refractivity contribution in [2.75, 3.05) is 25.0 Å². The van der Waals surface area contributed by atoms with Crippen LogP contribution in [0.4, 0.5) is 10.5 Å². The predicted octanol–water partition coefficient (Wildman–Crippen LogP) is 4.70. The highest BCUT2D eigenvalue weighted by molar-refractivity contribution is 8.01. The molecule has 206 valence electrons. The van der Waals surface area contributed by atoms with E-state index in [9.17, 15) is 14.4 Å². The number of benzene rings is 2. The van der Waals surface area contributed by atoms with E-state index in [1.807, 2.05) is 75.4 Å². The first-order chi connectivity index (χ1) is 19.6. The first-order valence-corrected chi connectivity index (χ1v) is 14.8. The van der Waals surface area contributed by atoms with E-state index in [0.29, 0.717) is 26.2 Å². The second-order valence-electron chi connectivity index (χ2n) is 10.6. The Labute approximate surface area is 238 Å². The fourth-order valence-corrected chi connectivity index (χ4v) is 7.34. The van der Waals surface area contributed by atoms with E-state index in [1.54, 1.807) is 24.2 Å². The number of pyridine rings is 1. The van der Waals surface area contributed by atoms with Crippen LogP contribution in [0, 0.1) is 0 Å². The topological polar surface area (TPSA) is 85.8 Å². The molecule has 0 bridgehead atoms. The summed E-state index contributed by atoms with van der Waals surface area (Å²) in [5.41, 5.74) is 4.05. The molecule has 2 unspecified atom stereocenters. The van der Waals surface area contributed by atoms with Gasteiger partial charge in [-0.05, 0) is 48.1 Å². The number of rotatable bonds is 6. The van der Waals surface area contributed by atoms with Crippen molar-refractivity contribution in [2.24, 2.45) is 0 Å². The third kappa shape index (κ3) is 5.56. The highest BCUT2D eigenvalue weighted by Gasteiger charge is 2.43. The van der Waals surface area contributed by atoms with Crippen LogP contribution in [0.3, 0.4) is 0 Å². The summed E-state index contributed by atoms with van der Waals surface area (Å²) in [6.45, 7) is 2.31. The Morgan fingerprint density at radius 3 is 2.50 bits per heavy atom. The predicted molar refractivity (Wildman–Crippen MR) is 155 cm³/mol. The largest absolute Gasteiger partial charge is 0.342 e. The zero-order valence-corrected chi connectivity index (χ0v) is 23.1. The van der Waals surface area contributed by atoms with Gasteiger partial charge in [0, 0.05) is 56.7 Å². The quantitative estimate of drug-likeness (QED) is 0.477. The van der Waals surface area contributed by atoms with Crippen LogP contribution >= 0.6 is 11.8 Å². The van der Waals surface area contributed by atoms with Crippen LogP contribution in [0.15, 0.2) is 79.1 Å². The standard InChI is InChI=1S/C31H33N5O3S/c37-28(34-16-13-25(14-17-34)35-18-12-23-8-4-5-11-26(23)33-31(35)39)19-27-29(38)36(21-22-7-6-15-32-20-22)30(40-27)24-9-2-1-3-10-24/h1-11,15,20,25,27,30H,12-14,16-19,21H2,(H,33,39). The van der Waals surface area contributed by atoms with Crippen LogP contribution in [0.2, 0.25) is 0 Å². The molecule has 0 aliphatic carbocycles. The summed E-state index contributed by atoms with van der Waals surface area (Å²) in [6.07, 6.45) is 5.98. The first kappa shape index (κ1) is 26.4. The molecule has 2 fully saturated rings. The van der Waals surface area contributed by atoms with Crippen LogP contribution < -0.4 is 5.32 Å². The Morgan fingerprint density at radius 1 is 0.950 bits per heavy atom. The minimum atomic E-state index is -0.429. The summed E-state index contributed by atoms with van der Waals surface area (Å²) in [7, 11) is 0. The minimum Gasteiger partial charge on any atom is -0.342 e. The van der Waals surface area contributed by atoms with Crippen LogP contribution in [-0.2, 0) is 22.6 Å². The molecule has 1 N–H and O–H groups in total. The maximum absolute atomic E-state index is 13.6. The van der Waals surface area contributed by atoms with Gasteiger partial charge in [-0.2, -0.15) is 0 Å². The average Bonchev–Trinajstić information content (AvgIpc) is 3.18. The Hall–Kier alpha value is -3.85. The van der Waals surface area contributed by atoms with E-state index in [4.69, 9.17) is 0 Å². The van der Waals surface area contributed by atoms with E-state index >= 15 is 0 Å². The minimum absolute atomic E-state index is 0.00654. The van der Waals surface area contributed by atoms with Crippen molar-refractivity contribution in [2.45, 2.75) is 48.9 Å². The number of anilines is 1. The Balaban J connectivity index is 1.08. The number of urea groups is 1. The summed E-state index contributed by atoms with van der Waals surface area (Å²) >= 11 is 1.56. The lowest BCUT2D eigenvalue weighted by atomic mass is 10.0. The van der Waals surface area contributed by atoms with Crippen molar-refractivity contribution in [1.29, 1.82) is 0 Å². The zero-order valence-electron chi connectivity index (χ0n) is 22.3. The van der Waals surface area contributed by atoms with Gasteiger partial charge in [0.2, 0.25) is 11.8 Å². The first-order valence-electron chi connectivity index (χ1n) is 13.9. The molecule has 2 atom stereocenters. The molecule has 4 heterocycles. The van der Waals surface area contributed by atoms with E-state index in [-0.39, 0.29) is 35.7 Å². The lowest BCUT2D eigenvalue weighted by Gasteiger charge is -2.38. The molecule has 1 aromatic heterocycles. The number of nitrogens with one attached hydrogen (secondary N) is 1. The highest BCUT2D eigenvalue weighted by Crippen LogP contribution is 2.45. The maximum Gasteiger partial charge on any atom is 0.322 e. The molecular formula is C31H33N5O3S. The lowest BCUT2D eigenvalue weighted by molar-refractivity contribution is -0.137. The van der Waals surface area contributed by atoms with Gasteiger partial charge in [0.05, 0.1) is 5.25 Å². The number of nitrogens with zero attached hydrogens (tertiary/aromatic N) is 4.